The van der Waals surface area contributed by atoms with Crippen molar-refractivity contribution in [2.24, 2.45) is 0 Å². The van der Waals surface area contributed by atoms with Crippen LogP contribution >= 0.6 is 0 Å². The second-order valence-corrected chi connectivity index (χ2v) is 23.6. The molecular formula is C70H127NO10. The fourth-order valence-electron chi connectivity index (χ4n) is 10.5. The first-order valence-corrected chi connectivity index (χ1v) is 34.1. The maximum absolute atomic E-state index is 13.5. The highest BCUT2D eigenvalue weighted by Gasteiger charge is 2.47. The van der Waals surface area contributed by atoms with Gasteiger partial charge in [-0.15, -0.1) is 0 Å². The average Bonchev–Trinajstić information content (AvgIpc) is 3.46. The lowest BCUT2D eigenvalue weighted by molar-refractivity contribution is -0.305. The number of allylic oxidation sites excluding steroid dienone is 9. The highest BCUT2D eigenvalue weighted by molar-refractivity contribution is 5.80. The van der Waals surface area contributed by atoms with Crippen molar-refractivity contribution in [2.75, 3.05) is 13.2 Å². The Labute approximate surface area is 497 Å². The van der Waals surface area contributed by atoms with Gasteiger partial charge in [0.25, 0.3) is 0 Å². The number of nitrogens with one attached hydrogen (secondary N) is 1. The lowest BCUT2D eigenvalue weighted by Gasteiger charge is -2.41. The average molecular weight is 1140 g/mol. The van der Waals surface area contributed by atoms with Crippen LogP contribution in [0.15, 0.2) is 60.8 Å². The summed E-state index contributed by atoms with van der Waals surface area (Å²) in [6, 6.07) is -1.03. The summed E-state index contributed by atoms with van der Waals surface area (Å²) < 4.78 is 17.6. The maximum atomic E-state index is 13.5. The van der Waals surface area contributed by atoms with E-state index in [2.05, 4.69) is 74.7 Å². The fraction of sp³-hybridized carbons (Fsp3) is 0.829. The van der Waals surface area contributed by atoms with Gasteiger partial charge >= 0.3 is 5.97 Å². The summed E-state index contributed by atoms with van der Waals surface area (Å²) in [6.45, 7) is 5.78. The van der Waals surface area contributed by atoms with Gasteiger partial charge in [-0.25, -0.2) is 0 Å². The molecule has 1 amide bonds. The zero-order valence-corrected chi connectivity index (χ0v) is 52.4. The van der Waals surface area contributed by atoms with Gasteiger partial charge in [-0.1, -0.05) is 274 Å². The van der Waals surface area contributed by atoms with E-state index in [-0.39, 0.29) is 19.4 Å². The monoisotopic (exact) mass is 1140 g/mol. The summed E-state index contributed by atoms with van der Waals surface area (Å²) in [7, 11) is 0. The molecule has 1 heterocycles. The van der Waals surface area contributed by atoms with E-state index < -0.39 is 67.4 Å². The third-order valence-corrected chi connectivity index (χ3v) is 15.9. The van der Waals surface area contributed by atoms with Crippen LogP contribution in [0.5, 0.6) is 0 Å². The SMILES string of the molecule is CCCCC/C=C\C/C=C\C/C=C\CCCCCCC(=O)OC1C(OCC(NC(=O)C(O)CCCCCCCCCCCCCC/C=C/CCCCCCCC)C(O)/C=C/CCCCCCCCCCCCC)OC(CO)C(O)C1O. The quantitative estimate of drug-likeness (QED) is 0.0195. The Bertz CT molecular complexity index is 1550. The number of rotatable bonds is 58. The Morgan fingerprint density at radius 3 is 1.31 bits per heavy atom. The molecule has 0 saturated carbocycles. The third kappa shape index (κ3) is 45.4. The minimum atomic E-state index is -1.62. The van der Waals surface area contributed by atoms with E-state index in [9.17, 15) is 35.1 Å². The van der Waals surface area contributed by atoms with Gasteiger partial charge in [0, 0.05) is 6.42 Å². The molecule has 81 heavy (non-hydrogen) atoms. The van der Waals surface area contributed by atoms with Crippen molar-refractivity contribution in [1.29, 1.82) is 0 Å². The van der Waals surface area contributed by atoms with Gasteiger partial charge in [-0.3, -0.25) is 9.59 Å². The molecule has 0 aromatic heterocycles. The topological polar surface area (TPSA) is 175 Å². The molecule has 6 N–H and O–H groups in total. The van der Waals surface area contributed by atoms with Gasteiger partial charge in [-0.2, -0.15) is 0 Å². The highest BCUT2D eigenvalue weighted by atomic mass is 16.7. The van der Waals surface area contributed by atoms with Crippen molar-refractivity contribution in [3.05, 3.63) is 60.8 Å². The van der Waals surface area contributed by atoms with Crippen molar-refractivity contribution in [2.45, 2.75) is 359 Å². The van der Waals surface area contributed by atoms with Crippen LogP contribution < -0.4 is 5.32 Å². The Morgan fingerprint density at radius 1 is 0.481 bits per heavy atom. The molecule has 1 aliphatic rings. The van der Waals surface area contributed by atoms with Crippen molar-refractivity contribution in [3.8, 4) is 0 Å². The lowest BCUT2D eigenvalue weighted by atomic mass is 9.99. The van der Waals surface area contributed by atoms with Crippen LogP contribution in [0.4, 0.5) is 0 Å². The standard InChI is InChI=1S/C70H127NO10/c1-4-7-10-13-16-19-22-25-27-29-30-31-32-33-35-36-39-42-45-48-51-54-57-63(74)69(78)71-61(62(73)56-53-50-47-44-41-38-24-21-18-15-12-9-6-3)60-79-70-68(67(77)66(76)64(59-72)80-70)81-65(75)58-55-52-49-46-43-40-37-34-28-26-23-20-17-14-11-8-5-2/h17,20,25-28,37,40,53,56,61-64,66-68,70,72-74,76-77H,4-16,18-19,21-24,29-36,38-39,41-52,54-55,57-60H2,1-3H3,(H,71,78)/b20-17-,27-25+,28-26-,40-37-,56-53+. The van der Waals surface area contributed by atoms with Crippen LogP contribution in [-0.4, -0.2) is 99.6 Å². The summed E-state index contributed by atoms with van der Waals surface area (Å²) >= 11 is 0. The number of hydrogen-bond donors (Lipinski definition) is 6. The van der Waals surface area contributed by atoms with Gasteiger partial charge in [-0.05, 0) is 89.9 Å². The zero-order valence-electron chi connectivity index (χ0n) is 52.4. The Hall–Kier alpha value is -2.64. The molecular weight excluding hydrogens is 1010 g/mol. The molecule has 11 nitrogen and oxygen atoms in total. The molecule has 472 valence electrons. The van der Waals surface area contributed by atoms with Gasteiger partial charge < -0.3 is 45.1 Å². The van der Waals surface area contributed by atoms with Crippen LogP contribution in [-0.2, 0) is 23.8 Å². The third-order valence-electron chi connectivity index (χ3n) is 15.9. The second kappa shape index (κ2) is 57.8. The van der Waals surface area contributed by atoms with Crippen molar-refractivity contribution < 1.29 is 49.3 Å². The number of aliphatic hydroxyl groups is 5. The summed E-state index contributed by atoms with van der Waals surface area (Å²) in [4.78, 5) is 26.6. The predicted molar refractivity (Wildman–Crippen MR) is 338 cm³/mol. The molecule has 0 bridgehead atoms. The number of ether oxygens (including phenoxy) is 3. The van der Waals surface area contributed by atoms with E-state index in [1.807, 2.05) is 6.08 Å². The number of esters is 1. The lowest BCUT2D eigenvalue weighted by Crippen LogP contribution is -2.61. The second-order valence-electron chi connectivity index (χ2n) is 23.6. The summed E-state index contributed by atoms with van der Waals surface area (Å²) in [5.74, 6) is -1.21. The first-order chi connectivity index (χ1) is 39.7. The molecule has 0 spiro atoms. The smallest absolute Gasteiger partial charge is 0.306 e. The zero-order chi connectivity index (χ0) is 58.9. The summed E-state index contributed by atoms with van der Waals surface area (Å²) in [5.41, 5.74) is 0. The molecule has 1 rings (SSSR count). The molecule has 8 atom stereocenters. The number of amides is 1. The predicted octanol–water partition coefficient (Wildman–Crippen LogP) is 17.0. The van der Waals surface area contributed by atoms with Crippen molar-refractivity contribution >= 4 is 11.9 Å². The summed E-state index contributed by atoms with van der Waals surface area (Å²) in [5, 5.41) is 57.2. The van der Waals surface area contributed by atoms with Gasteiger partial charge in [0.05, 0.1) is 25.4 Å². The molecule has 0 radical (unpaired) electrons. The molecule has 11 heteroatoms. The molecule has 1 saturated heterocycles. The van der Waals surface area contributed by atoms with Crippen LogP contribution in [0.3, 0.4) is 0 Å². The number of unbranched alkanes of at least 4 members (excludes halogenated alkanes) is 36. The number of aliphatic hydroxyl groups excluding tert-OH is 5. The number of hydrogen-bond acceptors (Lipinski definition) is 10. The van der Waals surface area contributed by atoms with E-state index in [1.54, 1.807) is 6.08 Å². The van der Waals surface area contributed by atoms with Crippen LogP contribution in [0, 0.1) is 0 Å². The van der Waals surface area contributed by atoms with Gasteiger partial charge in [0.1, 0.15) is 24.4 Å². The van der Waals surface area contributed by atoms with Crippen LogP contribution in [0.25, 0.3) is 0 Å². The molecule has 0 aliphatic carbocycles. The molecule has 1 fully saturated rings. The minimum Gasteiger partial charge on any atom is -0.454 e. The van der Waals surface area contributed by atoms with E-state index in [4.69, 9.17) is 14.2 Å². The van der Waals surface area contributed by atoms with E-state index >= 15 is 0 Å². The van der Waals surface area contributed by atoms with E-state index in [0.717, 1.165) is 83.5 Å². The molecule has 0 aromatic carbocycles. The highest BCUT2D eigenvalue weighted by Crippen LogP contribution is 2.26. The minimum absolute atomic E-state index is 0.0977. The van der Waals surface area contributed by atoms with E-state index in [1.165, 1.54) is 180 Å². The maximum Gasteiger partial charge on any atom is 0.306 e. The Kier molecular flexibility index (Phi) is 54.5. The van der Waals surface area contributed by atoms with E-state index in [0.29, 0.717) is 12.8 Å². The van der Waals surface area contributed by atoms with Crippen molar-refractivity contribution in [1.82, 2.24) is 5.32 Å². The normalized spacial score (nSPS) is 19.0. The molecule has 1 aliphatic heterocycles. The van der Waals surface area contributed by atoms with Crippen LogP contribution in [0.1, 0.15) is 310 Å². The first-order valence-electron chi connectivity index (χ1n) is 34.1. The van der Waals surface area contributed by atoms with Gasteiger partial charge in [0.2, 0.25) is 5.91 Å². The van der Waals surface area contributed by atoms with Gasteiger partial charge in [0.15, 0.2) is 12.4 Å². The van der Waals surface area contributed by atoms with Crippen molar-refractivity contribution in [3.63, 3.8) is 0 Å². The van der Waals surface area contributed by atoms with Crippen LogP contribution in [0.2, 0.25) is 0 Å². The molecule has 8 unspecified atom stereocenters. The Balaban J connectivity index is 2.64. The largest absolute Gasteiger partial charge is 0.454 e. The fourth-order valence-corrected chi connectivity index (χ4v) is 10.5. The first kappa shape index (κ1) is 76.4. The molecule has 0 aromatic rings. The Morgan fingerprint density at radius 2 is 0.852 bits per heavy atom. The summed E-state index contributed by atoms with van der Waals surface area (Å²) in [6.07, 6.45) is 62.5. The number of carbonyl (C=O) groups excluding carboxylic acids is 2. The number of carbonyl (C=O) groups is 2.